The normalized spacial score (nSPS) is 10.7. The van der Waals surface area contributed by atoms with Gasteiger partial charge in [-0.1, -0.05) is 27.4 Å². The number of amides is 3. The van der Waals surface area contributed by atoms with Crippen molar-refractivity contribution < 1.29 is 38.5 Å². The monoisotopic (exact) mass is 552 g/mol. The molecule has 0 aromatic rings. The molecule has 3 amide bonds. The number of thioether (sulfide) groups is 1. The number of hydrogen-bond donors (Lipinski definition) is 5. The Labute approximate surface area is 225 Å². The summed E-state index contributed by atoms with van der Waals surface area (Å²) >= 11 is 1.75. The molecule has 0 spiro atoms. The van der Waals surface area contributed by atoms with Crippen LogP contribution in [0.5, 0.6) is 0 Å². The van der Waals surface area contributed by atoms with Gasteiger partial charge in [-0.3, -0.25) is 19.2 Å². The molecule has 0 aliphatic carbocycles. The Hall–Kier alpha value is -2.19. The van der Waals surface area contributed by atoms with Gasteiger partial charge in [0.05, 0.1) is 52.6 Å². The summed E-state index contributed by atoms with van der Waals surface area (Å²) in [7, 11) is 0. The summed E-state index contributed by atoms with van der Waals surface area (Å²) < 4.78 is 15.6. The number of hydrogen-bond acceptors (Lipinski definition) is 9. The quantitative estimate of drug-likeness (QED) is 0.144. The highest BCUT2D eigenvalue weighted by molar-refractivity contribution is 7.97. The van der Waals surface area contributed by atoms with Crippen molar-refractivity contribution in [3.05, 3.63) is 12.8 Å². The zero-order valence-corrected chi connectivity index (χ0v) is 23.8. The summed E-state index contributed by atoms with van der Waals surface area (Å²) in [6, 6.07) is -0.765. The first-order valence-corrected chi connectivity index (χ1v) is 13.8. The summed E-state index contributed by atoms with van der Waals surface area (Å²) in [5.41, 5.74) is 5.03. The molecule has 12 nitrogen and oxygen atoms in total. The average Bonchev–Trinajstić information content (AvgIpc) is 2.84. The molecule has 0 rings (SSSR count). The molecule has 0 radical (unpaired) electrons. The van der Waals surface area contributed by atoms with Crippen LogP contribution in [0, 0.1) is 5.92 Å². The second-order valence-electron chi connectivity index (χ2n) is 7.71. The van der Waals surface area contributed by atoms with E-state index in [9.17, 15) is 19.2 Å². The molecule has 0 fully saturated rings. The Kier molecular flexibility index (Phi) is 31.9. The number of carboxylic acid groups (broad SMARTS) is 1. The Bertz CT molecular complexity index is 607. The molecular formula is C24H48N4O8S. The maximum Gasteiger partial charge on any atom is 0.305 e. The molecule has 37 heavy (non-hydrogen) atoms. The number of nitrogens with one attached hydrogen (secondary N) is 3. The summed E-state index contributed by atoms with van der Waals surface area (Å²) in [6.07, 6.45) is 6.43. The Balaban J connectivity index is -0.00000146. The van der Waals surface area contributed by atoms with E-state index in [1.807, 2.05) is 12.5 Å². The van der Waals surface area contributed by atoms with E-state index in [0.717, 1.165) is 13.0 Å². The van der Waals surface area contributed by atoms with E-state index in [2.05, 4.69) is 29.5 Å². The second kappa shape index (κ2) is 30.0. The summed E-state index contributed by atoms with van der Waals surface area (Å²) in [5.74, 6) is -2.27. The Morgan fingerprint density at radius 2 is 1.41 bits per heavy atom. The van der Waals surface area contributed by atoms with Gasteiger partial charge in [-0.2, -0.15) is 11.8 Å². The van der Waals surface area contributed by atoms with Crippen LogP contribution in [0.25, 0.3) is 0 Å². The number of carboxylic acids is 1. The Morgan fingerprint density at radius 1 is 0.946 bits per heavy atom. The second-order valence-corrected chi connectivity index (χ2v) is 8.52. The van der Waals surface area contributed by atoms with Gasteiger partial charge in [0.1, 0.15) is 6.04 Å². The molecule has 0 aromatic carbocycles. The summed E-state index contributed by atoms with van der Waals surface area (Å²) in [5, 5.41) is 15.9. The molecule has 0 saturated heterocycles. The van der Waals surface area contributed by atoms with Crippen molar-refractivity contribution in [2.45, 2.75) is 46.1 Å². The minimum atomic E-state index is -0.912. The van der Waals surface area contributed by atoms with Crippen LogP contribution in [-0.4, -0.2) is 100 Å². The molecule has 0 aliphatic heterocycles. The Morgan fingerprint density at radius 3 is 1.81 bits per heavy atom. The molecule has 1 unspecified atom stereocenters. The largest absolute Gasteiger partial charge is 0.481 e. The predicted molar refractivity (Wildman–Crippen MR) is 146 cm³/mol. The van der Waals surface area contributed by atoms with Gasteiger partial charge >= 0.3 is 5.97 Å². The van der Waals surface area contributed by atoms with Gasteiger partial charge in [0.15, 0.2) is 0 Å². The molecule has 0 aliphatic rings. The fourth-order valence-corrected chi connectivity index (χ4v) is 2.09. The van der Waals surface area contributed by atoms with Crippen LogP contribution in [0.4, 0.5) is 0 Å². The van der Waals surface area contributed by atoms with Gasteiger partial charge in [-0.15, -0.1) is 0 Å². The van der Waals surface area contributed by atoms with Gasteiger partial charge in [-0.25, -0.2) is 0 Å². The molecule has 0 bridgehead atoms. The smallest absolute Gasteiger partial charge is 0.305 e. The number of carbonyl (C=O) groups is 4. The van der Waals surface area contributed by atoms with E-state index in [0.29, 0.717) is 19.8 Å². The van der Waals surface area contributed by atoms with Crippen LogP contribution in [0.3, 0.4) is 0 Å². The van der Waals surface area contributed by atoms with E-state index in [4.69, 9.17) is 25.1 Å². The number of rotatable bonds is 19. The van der Waals surface area contributed by atoms with Gasteiger partial charge in [0.2, 0.25) is 17.7 Å². The molecule has 0 heterocycles. The standard InChI is InChI=1S/C19H33N3O8.C3H9N.C2H6S/c1-4-20-16(24)13-21-19(27)18(14(2)3)22-15(23)5-7-28-9-11-30-12-10-29-8-6-17(25)26;1-2-3-4;1-3-2/h4,14,18H,1,5-13H2,2-3H3,(H,20,24)(H,21,27)(H,22,23)(H,25,26);2-4H2,1H3;1-2H3. The minimum Gasteiger partial charge on any atom is -0.481 e. The molecule has 0 aromatic heterocycles. The van der Waals surface area contributed by atoms with Gasteiger partial charge < -0.3 is 41.0 Å². The van der Waals surface area contributed by atoms with Gasteiger partial charge in [0.25, 0.3) is 0 Å². The number of nitrogens with two attached hydrogens (primary N) is 1. The van der Waals surface area contributed by atoms with Crippen molar-refractivity contribution >= 4 is 35.5 Å². The lowest BCUT2D eigenvalue weighted by molar-refractivity contribution is -0.138. The zero-order chi connectivity index (χ0) is 28.9. The maximum atomic E-state index is 12.2. The van der Waals surface area contributed by atoms with E-state index in [1.54, 1.807) is 25.6 Å². The predicted octanol–water partition coefficient (Wildman–Crippen LogP) is 0.752. The fraction of sp³-hybridized carbons (Fsp3) is 0.750. The molecule has 218 valence electrons. The number of carbonyl (C=O) groups excluding carboxylic acids is 3. The van der Waals surface area contributed by atoms with Gasteiger partial charge in [-0.05, 0) is 37.6 Å². The van der Waals surface area contributed by atoms with Crippen molar-refractivity contribution in [2.75, 3.05) is 65.2 Å². The van der Waals surface area contributed by atoms with Crippen LogP contribution < -0.4 is 21.7 Å². The van der Waals surface area contributed by atoms with E-state index < -0.39 is 23.8 Å². The topological polar surface area (TPSA) is 178 Å². The molecule has 13 heteroatoms. The van der Waals surface area contributed by atoms with Crippen molar-refractivity contribution in [3.8, 4) is 0 Å². The first-order chi connectivity index (χ1) is 17.6. The molecular weight excluding hydrogens is 504 g/mol. The third-order valence-corrected chi connectivity index (χ3v) is 3.92. The summed E-state index contributed by atoms with van der Waals surface area (Å²) in [6.45, 7) is 11.1. The van der Waals surface area contributed by atoms with Crippen LogP contribution >= 0.6 is 11.8 Å². The number of ether oxygens (including phenoxy) is 3. The summed E-state index contributed by atoms with van der Waals surface area (Å²) in [4.78, 5) is 45.9. The van der Waals surface area contributed by atoms with Crippen LogP contribution in [0.1, 0.15) is 40.0 Å². The van der Waals surface area contributed by atoms with Crippen molar-refractivity contribution in [1.29, 1.82) is 0 Å². The van der Waals surface area contributed by atoms with Crippen molar-refractivity contribution in [3.63, 3.8) is 0 Å². The number of aliphatic carboxylic acids is 1. The van der Waals surface area contributed by atoms with Gasteiger partial charge in [0, 0.05) is 6.42 Å². The van der Waals surface area contributed by atoms with Crippen molar-refractivity contribution in [1.82, 2.24) is 16.0 Å². The average molecular weight is 553 g/mol. The zero-order valence-electron chi connectivity index (χ0n) is 23.0. The lowest BCUT2D eigenvalue weighted by Crippen LogP contribution is -2.51. The minimum absolute atomic E-state index is 0.0465. The third-order valence-electron chi connectivity index (χ3n) is 3.92. The highest BCUT2D eigenvalue weighted by Crippen LogP contribution is 2.02. The van der Waals surface area contributed by atoms with E-state index in [1.165, 1.54) is 6.20 Å². The fourth-order valence-electron chi connectivity index (χ4n) is 2.09. The molecule has 6 N–H and O–H groups in total. The molecule has 1 atom stereocenters. The maximum absolute atomic E-state index is 12.2. The van der Waals surface area contributed by atoms with Crippen LogP contribution in [0.2, 0.25) is 0 Å². The molecule has 0 saturated carbocycles. The highest BCUT2D eigenvalue weighted by Gasteiger charge is 2.24. The third kappa shape index (κ3) is 31.8. The van der Waals surface area contributed by atoms with Crippen LogP contribution in [-0.2, 0) is 33.4 Å². The van der Waals surface area contributed by atoms with E-state index >= 15 is 0 Å². The van der Waals surface area contributed by atoms with Crippen molar-refractivity contribution in [2.24, 2.45) is 11.7 Å². The SMILES string of the molecule is C=CNC(=O)CNC(=O)C(NC(=O)CCOCCOCCOCCC(=O)O)C(C)C.CCCN.CSC. The first-order valence-electron chi connectivity index (χ1n) is 12.1. The lowest BCUT2D eigenvalue weighted by atomic mass is 10.0. The van der Waals surface area contributed by atoms with E-state index in [-0.39, 0.29) is 51.0 Å². The first kappa shape index (κ1) is 39.3. The lowest BCUT2D eigenvalue weighted by Gasteiger charge is -2.21. The van der Waals surface area contributed by atoms with Crippen LogP contribution in [0.15, 0.2) is 12.8 Å². The highest BCUT2D eigenvalue weighted by atomic mass is 32.2.